The molecule has 0 aromatic heterocycles. The van der Waals surface area contributed by atoms with E-state index in [-0.39, 0.29) is 11.5 Å². The summed E-state index contributed by atoms with van der Waals surface area (Å²) in [6.07, 6.45) is 6.61. The first-order chi connectivity index (χ1) is 14.7. The maximum Gasteiger partial charge on any atom is 0.253 e. The van der Waals surface area contributed by atoms with Crippen LogP contribution in [-0.2, 0) is 11.2 Å². The highest BCUT2D eigenvalue weighted by atomic mass is 16.5. The third kappa shape index (κ3) is 5.93. The lowest BCUT2D eigenvalue weighted by Crippen LogP contribution is -2.42. The van der Waals surface area contributed by atoms with Gasteiger partial charge in [0.1, 0.15) is 0 Å². The predicted molar refractivity (Wildman–Crippen MR) is 121 cm³/mol. The molecule has 2 aromatic carbocycles. The van der Waals surface area contributed by atoms with Crippen molar-refractivity contribution in [1.82, 2.24) is 9.80 Å². The number of carbonyl (C=O) groups excluding carboxylic acids is 1. The molecule has 4 rings (SSSR count). The Hall–Kier alpha value is -2.17. The van der Waals surface area contributed by atoms with E-state index in [9.17, 15) is 4.79 Å². The molecule has 1 aliphatic carbocycles. The minimum absolute atomic E-state index is 0.116. The molecular weight excluding hydrogens is 372 g/mol. The molecule has 1 saturated heterocycles. The van der Waals surface area contributed by atoms with Crippen molar-refractivity contribution in [2.45, 2.75) is 44.1 Å². The second-order valence-electron chi connectivity index (χ2n) is 8.76. The van der Waals surface area contributed by atoms with Gasteiger partial charge in [0, 0.05) is 31.7 Å². The van der Waals surface area contributed by atoms with Crippen molar-refractivity contribution in [3.63, 3.8) is 0 Å². The summed E-state index contributed by atoms with van der Waals surface area (Å²) in [7, 11) is 0. The van der Waals surface area contributed by atoms with Crippen molar-refractivity contribution in [3.05, 3.63) is 71.8 Å². The summed E-state index contributed by atoms with van der Waals surface area (Å²) >= 11 is 0. The summed E-state index contributed by atoms with van der Waals surface area (Å²) in [5.74, 6) is 0.145. The highest BCUT2D eigenvalue weighted by Gasteiger charge is 2.46. The fraction of sp³-hybridized carbons (Fsp3) is 0.500. The Morgan fingerprint density at radius 2 is 1.57 bits per heavy atom. The number of rotatable bonds is 4. The number of hydrogen-bond acceptors (Lipinski definition) is 3. The number of ether oxygens (including phenoxy) is 1. The van der Waals surface area contributed by atoms with E-state index >= 15 is 0 Å². The lowest BCUT2D eigenvalue weighted by atomic mass is 10.1. The minimum Gasteiger partial charge on any atom is -0.372 e. The Morgan fingerprint density at radius 3 is 2.30 bits per heavy atom. The molecule has 1 amide bonds. The third-order valence-corrected chi connectivity index (χ3v) is 6.37. The second kappa shape index (κ2) is 10.2. The van der Waals surface area contributed by atoms with Gasteiger partial charge >= 0.3 is 0 Å². The molecule has 30 heavy (non-hydrogen) atoms. The molecule has 0 atom stereocenters. The molecule has 1 spiro atoms. The van der Waals surface area contributed by atoms with Crippen LogP contribution in [0.25, 0.3) is 0 Å². The van der Waals surface area contributed by atoms with E-state index in [2.05, 4.69) is 35.2 Å². The average molecular weight is 407 g/mol. The molecule has 1 aliphatic heterocycles. The van der Waals surface area contributed by atoms with E-state index in [4.69, 9.17) is 4.74 Å². The minimum atomic E-state index is -0.116. The molecule has 0 radical (unpaired) electrons. The number of benzene rings is 2. The van der Waals surface area contributed by atoms with Crippen LogP contribution >= 0.6 is 0 Å². The van der Waals surface area contributed by atoms with Gasteiger partial charge in [-0.1, -0.05) is 55.0 Å². The first-order valence-corrected chi connectivity index (χ1v) is 11.5. The van der Waals surface area contributed by atoms with Crippen molar-refractivity contribution in [1.29, 1.82) is 0 Å². The maximum atomic E-state index is 13.1. The summed E-state index contributed by atoms with van der Waals surface area (Å²) in [5.41, 5.74) is 2.07. The van der Waals surface area contributed by atoms with E-state index in [0.29, 0.717) is 0 Å². The van der Waals surface area contributed by atoms with Crippen molar-refractivity contribution in [3.8, 4) is 0 Å². The van der Waals surface area contributed by atoms with E-state index in [1.807, 2.05) is 35.2 Å². The lowest BCUT2D eigenvalue weighted by molar-refractivity contribution is -0.00386. The normalized spacial score (nSPS) is 20.3. The fourth-order valence-corrected chi connectivity index (χ4v) is 4.32. The van der Waals surface area contributed by atoms with Gasteiger partial charge in [0.25, 0.3) is 5.91 Å². The van der Waals surface area contributed by atoms with E-state index in [1.54, 1.807) is 0 Å². The van der Waals surface area contributed by atoms with Crippen LogP contribution in [0.2, 0.25) is 0 Å². The third-order valence-electron chi connectivity index (χ3n) is 6.37. The summed E-state index contributed by atoms with van der Waals surface area (Å²) in [4.78, 5) is 17.7. The molecule has 0 N–H and O–H groups in total. The summed E-state index contributed by atoms with van der Waals surface area (Å²) < 4.78 is 6.38. The largest absolute Gasteiger partial charge is 0.372 e. The smallest absolute Gasteiger partial charge is 0.253 e. The molecule has 2 aliphatic rings. The van der Waals surface area contributed by atoms with Crippen LogP contribution < -0.4 is 0 Å². The van der Waals surface area contributed by atoms with E-state index in [0.717, 1.165) is 77.0 Å². The Morgan fingerprint density at radius 1 is 0.867 bits per heavy atom. The molecule has 4 nitrogen and oxygen atoms in total. The van der Waals surface area contributed by atoms with E-state index in [1.165, 1.54) is 12.0 Å². The van der Waals surface area contributed by atoms with Gasteiger partial charge in [-0.15, -0.1) is 0 Å². The molecule has 2 aromatic rings. The van der Waals surface area contributed by atoms with Crippen LogP contribution in [0.5, 0.6) is 0 Å². The quantitative estimate of drug-likeness (QED) is 0.754. The lowest BCUT2D eigenvalue weighted by Gasteiger charge is -2.30. The van der Waals surface area contributed by atoms with Gasteiger partial charge in [0.05, 0.1) is 12.2 Å². The number of amides is 1. The predicted octanol–water partition coefficient (Wildman–Crippen LogP) is 4.41. The zero-order valence-corrected chi connectivity index (χ0v) is 18.0. The molecule has 1 heterocycles. The molecular formula is C26H34N2O2. The molecule has 160 valence electrons. The van der Waals surface area contributed by atoms with Gasteiger partial charge in [0.15, 0.2) is 0 Å². The van der Waals surface area contributed by atoms with Crippen LogP contribution in [0, 0.1) is 0 Å². The highest BCUT2D eigenvalue weighted by Crippen LogP contribution is 2.40. The molecule has 1 saturated carbocycles. The standard InChI is InChI=1S/C26H34N2O2/c29-25(24-12-6-2-7-13-24)28-18-9-3-8-17-27(19-14-23-10-4-1-5-11-23)20-21-30-26(22-28)15-16-26/h1-2,4-7,10-13H,3,8-9,14-22H2. The SMILES string of the molecule is O=C(c1ccccc1)N1CCCCCN(CCc2ccccc2)CCOC2(CC2)C1. The average Bonchev–Trinajstić information content (AvgIpc) is 3.55. The fourth-order valence-electron chi connectivity index (χ4n) is 4.32. The summed E-state index contributed by atoms with van der Waals surface area (Å²) in [6.45, 7) is 5.46. The van der Waals surface area contributed by atoms with Crippen molar-refractivity contribution >= 4 is 5.91 Å². The zero-order chi connectivity index (χ0) is 20.7. The monoisotopic (exact) mass is 406 g/mol. The molecule has 2 fully saturated rings. The van der Waals surface area contributed by atoms with Crippen LogP contribution in [0.3, 0.4) is 0 Å². The van der Waals surface area contributed by atoms with Crippen LogP contribution in [0.4, 0.5) is 0 Å². The Bertz CT molecular complexity index is 789. The van der Waals surface area contributed by atoms with Crippen LogP contribution in [-0.4, -0.2) is 60.6 Å². The van der Waals surface area contributed by atoms with Crippen LogP contribution in [0.15, 0.2) is 60.7 Å². The first-order valence-electron chi connectivity index (χ1n) is 11.5. The summed E-state index contributed by atoms with van der Waals surface area (Å²) in [6, 6.07) is 20.4. The van der Waals surface area contributed by atoms with Crippen molar-refractivity contribution in [2.24, 2.45) is 0 Å². The second-order valence-corrected chi connectivity index (χ2v) is 8.76. The maximum absolute atomic E-state index is 13.1. The van der Waals surface area contributed by atoms with Gasteiger partial charge in [-0.25, -0.2) is 0 Å². The van der Waals surface area contributed by atoms with Gasteiger partial charge in [-0.05, 0) is 56.3 Å². The van der Waals surface area contributed by atoms with E-state index < -0.39 is 0 Å². The van der Waals surface area contributed by atoms with Gasteiger partial charge in [-0.2, -0.15) is 0 Å². The highest BCUT2D eigenvalue weighted by molar-refractivity contribution is 5.94. The first kappa shape index (κ1) is 21.1. The summed E-state index contributed by atoms with van der Waals surface area (Å²) in [5, 5.41) is 0. The number of carbonyl (C=O) groups is 1. The van der Waals surface area contributed by atoms with Gasteiger partial charge in [-0.3, -0.25) is 4.79 Å². The number of nitrogens with zero attached hydrogens (tertiary/aromatic N) is 2. The Labute approximate surface area is 180 Å². The van der Waals surface area contributed by atoms with Crippen molar-refractivity contribution in [2.75, 3.05) is 39.3 Å². The molecule has 0 unspecified atom stereocenters. The molecule has 0 bridgehead atoms. The topological polar surface area (TPSA) is 32.8 Å². The Kier molecular flexibility index (Phi) is 7.19. The zero-order valence-electron chi connectivity index (χ0n) is 18.0. The Balaban J connectivity index is 1.34. The number of hydrogen-bond donors (Lipinski definition) is 0. The van der Waals surface area contributed by atoms with Gasteiger partial charge in [0.2, 0.25) is 0 Å². The van der Waals surface area contributed by atoms with Gasteiger partial charge < -0.3 is 14.5 Å². The molecule has 4 heteroatoms. The van der Waals surface area contributed by atoms with Crippen LogP contribution in [0.1, 0.15) is 48.0 Å². The van der Waals surface area contributed by atoms with Crippen molar-refractivity contribution < 1.29 is 9.53 Å².